The highest BCUT2D eigenvalue weighted by atomic mass is 32.2. The van der Waals surface area contributed by atoms with Crippen molar-refractivity contribution in [2.45, 2.75) is 45.7 Å². The van der Waals surface area contributed by atoms with E-state index in [2.05, 4.69) is 54.6 Å². The topological polar surface area (TPSA) is 72.7 Å². The number of thioether (sulfide) groups is 1. The summed E-state index contributed by atoms with van der Waals surface area (Å²) in [6.45, 7) is 10.4. The van der Waals surface area contributed by atoms with Crippen molar-refractivity contribution in [2.24, 2.45) is 0 Å². The Kier molecular flexibility index (Phi) is 6.14. The van der Waals surface area contributed by atoms with Gasteiger partial charge in [0.1, 0.15) is 0 Å². The molecule has 0 atom stereocenters. The number of tetrazole rings is 1. The van der Waals surface area contributed by atoms with Crippen LogP contribution in [0, 0.1) is 20.8 Å². The van der Waals surface area contributed by atoms with Crippen LogP contribution < -0.4 is 5.32 Å². The number of nitrogens with zero attached hydrogens (tertiary/aromatic N) is 4. The van der Waals surface area contributed by atoms with Crippen LogP contribution in [0.4, 0.5) is 5.69 Å². The highest BCUT2D eigenvalue weighted by Gasteiger charge is 2.15. The van der Waals surface area contributed by atoms with E-state index in [0.29, 0.717) is 11.1 Å². The molecular formula is C21H25N5OS. The summed E-state index contributed by atoms with van der Waals surface area (Å²) in [6, 6.07) is 12.1. The molecular weight excluding hydrogens is 370 g/mol. The van der Waals surface area contributed by atoms with E-state index >= 15 is 0 Å². The minimum absolute atomic E-state index is 0.0733. The zero-order valence-electron chi connectivity index (χ0n) is 16.9. The Labute approximate surface area is 169 Å². The summed E-state index contributed by atoms with van der Waals surface area (Å²) in [5.41, 5.74) is 6.36. The van der Waals surface area contributed by atoms with Crippen molar-refractivity contribution in [2.75, 3.05) is 11.1 Å². The number of aryl methyl sites for hydroxylation is 3. The lowest BCUT2D eigenvalue weighted by Gasteiger charge is -2.16. The molecule has 3 rings (SSSR count). The Morgan fingerprint density at radius 2 is 1.89 bits per heavy atom. The molecule has 7 heteroatoms. The molecule has 0 spiro atoms. The summed E-state index contributed by atoms with van der Waals surface area (Å²) in [5, 5.41) is 15.6. The molecule has 0 aliphatic heterocycles. The number of hydrogen-bond donors (Lipinski definition) is 1. The largest absolute Gasteiger partial charge is 0.325 e. The van der Waals surface area contributed by atoms with E-state index in [1.807, 2.05) is 37.3 Å². The monoisotopic (exact) mass is 395 g/mol. The molecule has 3 aromatic rings. The molecule has 146 valence electrons. The Balaban J connectivity index is 1.72. The predicted molar refractivity (Wildman–Crippen MR) is 113 cm³/mol. The second-order valence-corrected chi connectivity index (χ2v) is 8.12. The molecule has 1 aromatic heterocycles. The summed E-state index contributed by atoms with van der Waals surface area (Å²) in [7, 11) is 0. The molecule has 0 saturated carbocycles. The minimum Gasteiger partial charge on any atom is -0.325 e. The molecule has 0 unspecified atom stereocenters. The predicted octanol–water partition coefficient (Wildman–Crippen LogP) is 4.44. The van der Waals surface area contributed by atoms with Crippen LogP contribution in [0.2, 0.25) is 0 Å². The minimum atomic E-state index is -0.0733. The Morgan fingerprint density at radius 3 is 2.61 bits per heavy atom. The molecule has 0 fully saturated rings. The number of para-hydroxylation sites is 1. The van der Waals surface area contributed by atoms with Crippen molar-refractivity contribution in [1.29, 1.82) is 0 Å². The highest BCUT2D eigenvalue weighted by Crippen LogP contribution is 2.28. The summed E-state index contributed by atoms with van der Waals surface area (Å²) < 4.78 is 1.66. The SMILES string of the molecule is Cc1ccc(-n2nnnc2SCC(=O)Nc2c(C)cccc2C(C)C)cc1C. The van der Waals surface area contributed by atoms with E-state index in [4.69, 9.17) is 0 Å². The van der Waals surface area contributed by atoms with E-state index in [9.17, 15) is 4.79 Å². The fourth-order valence-electron chi connectivity index (χ4n) is 2.94. The molecule has 0 saturated heterocycles. The first-order valence-electron chi connectivity index (χ1n) is 9.25. The van der Waals surface area contributed by atoms with Crippen molar-refractivity contribution in [1.82, 2.24) is 20.2 Å². The Hall–Kier alpha value is -2.67. The van der Waals surface area contributed by atoms with Crippen molar-refractivity contribution in [3.63, 3.8) is 0 Å². The standard InChI is InChI=1S/C21H25N5OS/c1-13(2)18-8-6-7-15(4)20(18)22-19(27)12-28-21-23-24-25-26(21)17-10-9-14(3)16(5)11-17/h6-11,13H,12H2,1-5H3,(H,22,27). The van der Waals surface area contributed by atoms with Gasteiger partial charge in [0.05, 0.1) is 11.4 Å². The number of benzene rings is 2. The molecule has 2 aromatic carbocycles. The lowest BCUT2D eigenvalue weighted by atomic mass is 9.98. The van der Waals surface area contributed by atoms with Gasteiger partial charge >= 0.3 is 0 Å². The second kappa shape index (κ2) is 8.56. The summed E-state index contributed by atoms with van der Waals surface area (Å²) in [6.07, 6.45) is 0. The van der Waals surface area contributed by atoms with Crippen LogP contribution in [0.25, 0.3) is 5.69 Å². The lowest BCUT2D eigenvalue weighted by Crippen LogP contribution is -2.17. The van der Waals surface area contributed by atoms with Crippen LogP contribution in [0.5, 0.6) is 0 Å². The van der Waals surface area contributed by atoms with E-state index in [-0.39, 0.29) is 11.7 Å². The van der Waals surface area contributed by atoms with E-state index in [1.54, 1.807) is 4.68 Å². The quantitative estimate of drug-likeness (QED) is 0.625. The molecule has 0 aliphatic carbocycles. The van der Waals surface area contributed by atoms with Crippen molar-refractivity contribution in [3.05, 3.63) is 58.7 Å². The van der Waals surface area contributed by atoms with E-state index in [0.717, 1.165) is 22.5 Å². The van der Waals surface area contributed by atoms with Gasteiger partial charge < -0.3 is 5.32 Å². The molecule has 1 heterocycles. The first-order chi connectivity index (χ1) is 13.4. The number of hydrogen-bond acceptors (Lipinski definition) is 5. The van der Waals surface area contributed by atoms with Crippen LogP contribution in [0.15, 0.2) is 41.6 Å². The molecule has 6 nitrogen and oxygen atoms in total. The Morgan fingerprint density at radius 1 is 1.11 bits per heavy atom. The van der Waals surface area contributed by atoms with Gasteiger partial charge in [-0.05, 0) is 71.5 Å². The van der Waals surface area contributed by atoms with Gasteiger partial charge in [0.15, 0.2) is 0 Å². The van der Waals surface area contributed by atoms with Crippen LogP contribution >= 0.6 is 11.8 Å². The van der Waals surface area contributed by atoms with Gasteiger partial charge in [0.2, 0.25) is 11.1 Å². The summed E-state index contributed by atoms with van der Waals surface area (Å²) in [4.78, 5) is 12.6. The number of amides is 1. The zero-order chi connectivity index (χ0) is 20.3. The third kappa shape index (κ3) is 4.42. The number of nitrogens with one attached hydrogen (secondary N) is 1. The zero-order valence-corrected chi connectivity index (χ0v) is 17.7. The van der Waals surface area contributed by atoms with Crippen molar-refractivity contribution >= 4 is 23.4 Å². The number of rotatable bonds is 6. The maximum atomic E-state index is 12.6. The first kappa shape index (κ1) is 20.1. The van der Waals surface area contributed by atoms with Gasteiger partial charge in [-0.3, -0.25) is 4.79 Å². The normalized spacial score (nSPS) is 11.1. The third-order valence-corrected chi connectivity index (χ3v) is 5.62. The molecule has 28 heavy (non-hydrogen) atoms. The van der Waals surface area contributed by atoms with Crippen LogP contribution in [0.3, 0.4) is 0 Å². The fourth-order valence-corrected chi connectivity index (χ4v) is 3.63. The van der Waals surface area contributed by atoms with Gasteiger partial charge in [-0.25, -0.2) is 0 Å². The molecule has 0 aliphatic rings. The summed E-state index contributed by atoms with van der Waals surface area (Å²) in [5.74, 6) is 0.493. The second-order valence-electron chi connectivity index (χ2n) is 7.17. The van der Waals surface area contributed by atoms with E-state index in [1.165, 1.54) is 22.9 Å². The average Bonchev–Trinajstić information content (AvgIpc) is 3.12. The number of carbonyl (C=O) groups is 1. The summed E-state index contributed by atoms with van der Waals surface area (Å²) >= 11 is 1.32. The van der Waals surface area contributed by atoms with Gasteiger partial charge in [0, 0.05) is 5.69 Å². The van der Waals surface area contributed by atoms with Gasteiger partial charge in [0.25, 0.3) is 0 Å². The van der Waals surface area contributed by atoms with Crippen LogP contribution in [-0.2, 0) is 4.79 Å². The smallest absolute Gasteiger partial charge is 0.234 e. The average molecular weight is 396 g/mol. The number of aromatic nitrogens is 4. The molecule has 1 N–H and O–H groups in total. The lowest BCUT2D eigenvalue weighted by molar-refractivity contribution is -0.113. The third-order valence-electron chi connectivity index (χ3n) is 4.70. The van der Waals surface area contributed by atoms with Gasteiger partial charge in [-0.2, -0.15) is 4.68 Å². The number of anilines is 1. The van der Waals surface area contributed by atoms with Crippen molar-refractivity contribution in [3.8, 4) is 5.69 Å². The molecule has 1 amide bonds. The fraction of sp³-hybridized carbons (Fsp3) is 0.333. The maximum Gasteiger partial charge on any atom is 0.234 e. The van der Waals surface area contributed by atoms with Crippen LogP contribution in [-0.4, -0.2) is 31.9 Å². The van der Waals surface area contributed by atoms with Crippen LogP contribution in [0.1, 0.15) is 42.0 Å². The van der Waals surface area contributed by atoms with Gasteiger partial charge in [-0.15, -0.1) is 5.10 Å². The number of carbonyl (C=O) groups excluding carboxylic acids is 1. The maximum absolute atomic E-state index is 12.6. The first-order valence-corrected chi connectivity index (χ1v) is 10.2. The van der Waals surface area contributed by atoms with Crippen molar-refractivity contribution < 1.29 is 4.79 Å². The Bertz CT molecular complexity index is 996. The molecule has 0 radical (unpaired) electrons. The molecule has 0 bridgehead atoms. The highest BCUT2D eigenvalue weighted by molar-refractivity contribution is 7.99. The van der Waals surface area contributed by atoms with Gasteiger partial charge in [-0.1, -0.05) is 49.9 Å². The van der Waals surface area contributed by atoms with E-state index < -0.39 is 0 Å².